The number of carbonyl (C=O) groups excluding carboxylic acids is 2. The number of hydrogen-bond acceptors (Lipinski definition) is 6. The van der Waals surface area contributed by atoms with Gasteiger partial charge in [0.15, 0.2) is 11.6 Å². The molecule has 0 aliphatic carbocycles. The van der Waals surface area contributed by atoms with Crippen LogP contribution in [0.15, 0.2) is 55.1 Å². The summed E-state index contributed by atoms with van der Waals surface area (Å²) >= 11 is 0. The summed E-state index contributed by atoms with van der Waals surface area (Å²) in [5, 5.41) is 1.08. The molecule has 3 heterocycles. The van der Waals surface area contributed by atoms with Gasteiger partial charge in [-0.3, -0.25) is 14.6 Å². The number of hydrogen-bond donors (Lipinski definition) is 3. The molecule has 2 aromatic heterocycles. The first-order valence-electron chi connectivity index (χ1n) is 10.4. The Morgan fingerprint density at radius 1 is 1.31 bits per heavy atom. The Balaban J connectivity index is 1.56. The SMILES string of the molecule is N/C=C\N(N)c1ncc(F)c2c(C(=O)C(=O)N3CCCC(Cc4ccccc4)C3)c[nH]c12. The molecule has 4 rings (SSSR count). The lowest BCUT2D eigenvalue weighted by Crippen LogP contribution is -2.43. The highest BCUT2D eigenvalue weighted by molar-refractivity contribution is 6.45. The predicted molar refractivity (Wildman–Crippen MR) is 120 cm³/mol. The molecule has 1 atom stereocenters. The topological polar surface area (TPSA) is 121 Å². The van der Waals surface area contributed by atoms with E-state index in [1.807, 2.05) is 18.2 Å². The van der Waals surface area contributed by atoms with Crippen molar-refractivity contribution in [3.8, 4) is 0 Å². The van der Waals surface area contributed by atoms with Crippen LogP contribution in [-0.2, 0) is 11.2 Å². The molecule has 1 saturated heterocycles. The Morgan fingerprint density at radius 3 is 2.84 bits per heavy atom. The summed E-state index contributed by atoms with van der Waals surface area (Å²) < 4.78 is 14.6. The number of ketones is 1. The summed E-state index contributed by atoms with van der Waals surface area (Å²) in [5.41, 5.74) is 6.73. The number of halogens is 1. The van der Waals surface area contributed by atoms with Gasteiger partial charge < -0.3 is 15.6 Å². The quantitative estimate of drug-likeness (QED) is 0.236. The number of H-pyrrole nitrogens is 1. The van der Waals surface area contributed by atoms with Gasteiger partial charge in [-0.15, -0.1) is 0 Å². The zero-order valence-electron chi connectivity index (χ0n) is 17.5. The number of pyridine rings is 1. The van der Waals surface area contributed by atoms with Crippen molar-refractivity contribution in [1.29, 1.82) is 0 Å². The van der Waals surface area contributed by atoms with E-state index in [0.717, 1.165) is 30.5 Å². The minimum absolute atomic E-state index is 0.0212. The highest BCUT2D eigenvalue weighted by atomic mass is 19.1. The normalized spacial score (nSPS) is 16.6. The maximum absolute atomic E-state index is 14.6. The number of piperidine rings is 1. The van der Waals surface area contributed by atoms with Crippen molar-refractivity contribution < 1.29 is 14.0 Å². The number of carbonyl (C=O) groups is 2. The van der Waals surface area contributed by atoms with Crippen LogP contribution in [0.1, 0.15) is 28.8 Å². The molecule has 1 amide bonds. The third-order valence-corrected chi connectivity index (χ3v) is 5.75. The summed E-state index contributed by atoms with van der Waals surface area (Å²) in [6, 6.07) is 10.1. The monoisotopic (exact) mass is 436 g/mol. The van der Waals surface area contributed by atoms with E-state index in [2.05, 4.69) is 22.1 Å². The molecule has 1 aliphatic heterocycles. The fraction of sp³-hybridized carbons (Fsp3) is 0.261. The summed E-state index contributed by atoms with van der Waals surface area (Å²) in [6.45, 7) is 1.00. The van der Waals surface area contributed by atoms with Crippen molar-refractivity contribution in [2.75, 3.05) is 18.1 Å². The highest BCUT2D eigenvalue weighted by Crippen LogP contribution is 2.29. The zero-order valence-corrected chi connectivity index (χ0v) is 17.5. The smallest absolute Gasteiger partial charge is 0.295 e. The van der Waals surface area contributed by atoms with Crippen LogP contribution in [0.25, 0.3) is 10.9 Å². The minimum Gasteiger partial charge on any atom is -0.403 e. The molecule has 5 N–H and O–H groups in total. The number of nitrogens with two attached hydrogens (primary N) is 2. The van der Waals surface area contributed by atoms with Gasteiger partial charge in [-0.2, -0.15) is 0 Å². The van der Waals surface area contributed by atoms with Crippen molar-refractivity contribution in [3.05, 3.63) is 72.1 Å². The molecule has 0 spiro atoms. The second-order valence-corrected chi connectivity index (χ2v) is 7.91. The fourth-order valence-corrected chi connectivity index (χ4v) is 4.26. The van der Waals surface area contributed by atoms with Crippen molar-refractivity contribution >= 4 is 28.4 Å². The standard InChI is InChI=1S/C23H25FN6O2/c24-18-13-28-22(30(26)10-8-25)20-19(18)17(12-27-20)21(31)23(32)29-9-4-7-16(14-29)11-15-5-2-1-3-6-15/h1-3,5-6,8,10,12-13,16,27H,4,7,9,11,14,25-26H2/b10-8-. The lowest BCUT2D eigenvalue weighted by molar-refractivity contribution is -0.128. The van der Waals surface area contributed by atoms with Gasteiger partial charge in [-0.05, 0) is 30.7 Å². The largest absolute Gasteiger partial charge is 0.403 e. The summed E-state index contributed by atoms with van der Waals surface area (Å²) in [6.07, 6.45) is 7.49. The second-order valence-electron chi connectivity index (χ2n) is 7.91. The fourth-order valence-electron chi connectivity index (χ4n) is 4.26. The van der Waals surface area contributed by atoms with Gasteiger partial charge in [0.2, 0.25) is 0 Å². The van der Waals surface area contributed by atoms with E-state index < -0.39 is 17.5 Å². The highest BCUT2D eigenvalue weighted by Gasteiger charge is 2.31. The number of anilines is 1. The van der Waals surface area contributed by atoms with Gasteiger partial charge >= 0.3 is 0 Å². The van der Waals surface area contributed by atoms with Crippen LogP contribution in [0.4, 0.5) is 10.2 Å². The Labute approximate surface area is 184 Å². The Kier molecular flexibility index (Phi) is 6.18. The molecule has 166 valence electrons. The van der Waals surface area contributed by atoms with Crippen molar-refractivity contribution in [2.45, 2.75) is 19.3 Å². The average Bonchev–Trinajstić information content (AvgIpc) is 3.25. The summed E-state index contributed by atoms with van der Waals surface area (Å²) in [5.74, 6) is 4.20. The summed E-state index contributed by atoms with van der Waals surface area (Å²) in [4.78, 5) is 34.5. The molecule has 1 unspecified atom stereocenters. The molecule has 0 radical (unpaired) electrons. The van der Waals surface area contributed by atoms with E-state index in [9.17, 15) is 14.0 Å². The number of rotatable bonds is 6. The van der Waals surface area contributed by atoms with Crippen molar-refractivity contribution in [2.24, 2.45) is 17.5 Å². The molecule has 1 fully saturated rings. The Morgan fingerprint density at radius 2 is 2.09 bits per heavy atom. The third-order valence-electron chi connectivity index (χ3n) is 5.75. The molecule has 1 aromatic carbocycles. The lowest BCUT2D eigenvalue weighted by atomic mass is 9.91. The van der Waals surface area contributed by atoms with E-state index >= 15 is 0 Å². The van der Waals surface area contributed by atoms with Crippen LogP contribution in [0.5, 0.6) is 0 Å². The molecule has 0 saturated carbocycles. The van der Waals surface area contributed by atoms with Crippen molar-refractivity contribution in [1.82, 2.24) is 14.9 Å². The molecule has 9 heteroatoms. The average molecular weight is 436 g/mol. The first-order chi connectivity index (χ1) is 15.5. The maximum Gasteiger partial charge on any atom is 0.295 e. The van der Waals surface area contributed by atoms with Gasteiger partial charge in [-0.25, -0.2) is 15.2 Å². The number of nitrogens with one attached hydrogen (secondary N) is 1. The Hall–Kier alpha value is -3.72. The Bertz CT molecular complexity index is 1160. The van der Waals surface area contributed by atoms with Gasteiger partial charge in [0, 0.05) is 31.7 Å². The molecular weight excluding hydrogens is 411 g/mol. The molecular formula is C23H25FN6O2. The van der Waals surface area contributed by atoms with Crippen molar-refractivity contribution in [3.63, 3.8) is 0 Å². The van der Waals surface area contributed by atoms with E-state index in [1.165, 1.54) is 24.2 Å². The number of likely N-dealkylation sites (tertiary alicyclic amines) is 1. The van der Waals surface area contributed by atoms with Gasteiger partial charge in [0.1, 0.15) is 0 Å². The molecule has 32 heavy (non-hydrogen) atoms. The van der Waals surface area contributed by atoms with Gasteiger partial charge in [-0.1, -0.05) is 30.3 Å². The van der Waals surface area contributed by atoms with Gasteiger partial charge in [0.25, 0.3) is 11.7 Å². The molecule has 0 bridgehead atoms. The van der Waals surface area contributed by atoms with Crippen LogP contribution in [0.2, 0.25) is 0 Å². The number of benzene rings is 1. The van der Waals surface area contributed by atoms with Crippen LogP contribution in [-0.4, -0.2) is 39.6 Å². The first kappa shape index (κ1) is 21.5. The number of aromatic nitrogens is 2. The lowest BCUT2D eigenvalue weighted by Gasteiger charge is -2.32. The first-order valence-corrected chi connectivity index (χ1v) is 10.4. The maximum atomic E-state index is 14.6. The number of fused-ring (bicyclic) bond motifs is 1. The molecule has 8 nitrogen and oxygen atoms in total. The number of hydrazine groups is 1. The zero-order chi connectivity index (χ0) is 22.7. The molecule has 3 aromatic rings. The van der Waals surface area contributed by atoms with Crippen LogP contribution >= 0.6 is 0 Å². The van der Waals surface area contributed by atoms with Crippen LogP contribution in [0.3, 0.4) is 0 Å². The van der Waals surface area contributed by atoms with E-state index in [1.54, 1.807) is 4.90 Å². The van der Waals surface area contributed by atoms with E-state index in [-0.39, 0.29) is 28.2 Å². The summed E-state index contributed by atoms with van der Waals surface area (Å²) in [7, 11) is 0. The van der Waals surface area contributed by atoms with Crippen LogP contribution < -0.4 is 16.6 Å². The van der Waals surface area contributed by atoms with Crippen LogP contribution in [0, 0.1) is 11.7 Å². The second kappa shape index (κ2) is 9.19. The number of amides is 1. The predicted octanol–water partition coefficient (Wildman–Crippen LogP) is 2.48. The van der Waals surface area contributed by atoms with E-state index in [4.69, 9.17) is 11.6 Å². The molecule has 1 aliphatic rings. The van der Waals surface area contributed by atoms with E-state index in [0.29, 0.717) is 13.1 Å². The van der Waals surface area contributed by atoms with Gasteiger partial charge in [0.05, 0.1) is 22.7 Å². The minimum atomic E-state index is -0.759. The number of Topliss-reactive ketones (excluding diaryl/α,β-unsaturated/α-hetero) is 1. The third kappa shape index (κ3) is 4.19. The number of aromatic amines is 1. The number of nitrogens with zero attached hydrogens (tertiary/aromatic N) is 3.